The van der Waals surface area contributed by atoms with Gasteiger partial charge in [0, 0.05) is 6.42 Å². The monoisotopic (exact) mass is 700 g/mol. The van der Waals surface area contributed by atoms with Gasteiger partial charge in [-0.05, 0) is 62.7 Å². The van der Waals surface area contributed by atoms with Gasteiger partial charge in [-0.15, -0.1) is 0 Å². The van der Waals surface area contributed by atoms with Gasteiger partial charge in [-0.3, -0.25) is 28.8 Å². The lowest BCUT2D eigenvalue weighted by Gasteiger charge is -2.29. The largest absolute Gasteiger partial charge is 0.481 e. The van der Waals surface area contributed by atoms with E-state index in [0.717, 1.165) is 0 Å². The Morgan fingerprint density at radius 1 is 0.490 bits per heavy atom. The van der Waals surface area contributed by atoms with E-state index in [4.69, 9.17) is 5.73 Å². The molecule has 0 aromatic carbocycles. The lowest BCUT2D eigenvalue weighted by atomic mass is 9.98. The molecule has 0 heterocycles. The Bertz CT molecular complexity index is 1130. The van der Waals surface area contributed by atoms with Gasteiger partial charge in [0.2, 0.25) is 29.5 Å². The highest BCUT2D eigenvalue weighted by Crippen LogP contribution is 2.13. The fourth-order valence-electron chi connectivity index (χ4n) is 4.91. The molecule has 0 saturated carbocycles. The molecule has 0 saturated heterocycles. The second-order valence-electron chi connectivity index (χ2n) is 14.4. The van der Waals surface area contributed by atoms with Crippen LogP contribution >= 0.6 is 0 Å². The van der Waals surface area contributed by atoms with E-state index >= 15 is 0 Å². The van der Waals surface area contributed by atoms with Crippen molar-refractivity contribution in [2.45, 2.75) is 143 Å². The summed E-state index contributed by atoms with van der Waals surface area (Å²) in [4.78, 5) is 89.4. The standard InChI is InChI=1S/C33H60N6O10/c1-16(2)12-22(29(44)35-21(10-11-26(41)42)28(43)39-25(33(48)49)15-19(7)8)36-30(45)23(13-17(3)4)37-31(46)24(14-18(5)6)38-32(47)27(34)20(9)40/h16-25,27,40H,10-15,34H2,1-9H3,(H,35,44)(H,36,45)(H,37,46)(H,38,47)(H,39,43)(H,41,42)(H,48,49)/t20-,21+,22+,23+,24+,25+,27+/m1/s1. The van der Waals surface area contributed by atoms with Crippen molar-refractivity contribution in [3.8, 4) is 0 Å². The van der Waals surface area contributed by atoms with Crippen LogP contribution in [0.2, 0.25) is 0 Å². The third-order valence-corrected chi connectivity index (χ3v) is 7.44. The third kappa shape index (κ3) is 18.5. The number of aliphatic hydroxyl groups excluding tert-OH is 1. The van der Waals surface area contributed by atoms with Crippen LogP contribution in [0.15, 0.2) is 0 Å². The van der Waals surface area contributed by atoms with Gasteiger partial charge in [0.05, 0.1) is 6.10 Å². The molecule has 0 fully saturated rings. The van der Waals surface area contributed by atoms with Crippen LogP contribution in [-0.2, 0) is 33.6 Å². The topological polar surface area (TPSA) is 266 Å². The Labute approximate surface area is 289 Å². The van der Waals surface area contributed by atoms with Crippen LogP contribution in [-0.4, -0.2) is 99.1 Å². The molecule has 0 aliphatic rings. The molecule has 0 aliphatic carbocycles. The van der Waals surface area contributed by atoms with Gasteiger partial charge < -0.3 is 47.6 Å². The lowest BCUT2D eigenvalue weighted by molar-refractivity contribution is -0.143. The van der Waals surface area contributed by atoms with Crippen molar-refractivity contribution in [2.75, 3.05) is 0 Å². The second-order valence-corrected chi connectivity index (χ2v) is 14.4. The van der Waals surface area contributed by atoms with Crippen LogP contribution in [0.1, 0.15) is 101 Å². The zero-order chi connectivity index (χ0) is 38.2. The number of carbonyl (C=O) groups is 7. The summed E-state index contributed by atoms with van der Waals surface area (Å²) in [6, 6.07) is -7.38. The third-order valence-electron chi connectivity index (χ3n) is 7.44. The molecule has 5 amide bonds. The summed E-state index contributed by atoms with van der Waals surface area (Å²) in [6.45, 7) is 15.8. The summed E-state index contributed by atoms with van der Waals surface area (Å²) in [5.41, 5.74) is 5.74. The molecule has 0 spiro atoms. The van der Waals surface area contributed by atoms with E-state index in [9.17, 15) is 48.9 Å². The molecule has 10 N–H and O–H groups in total. The first-order chi connectivity index (χ1) is 22.5. The first kappa shape index (κ1) is 45.2. The number of carbonyl (C=O) groups excluding carboxylic acids is 5. The number of nitrogens with two attached hydrogens (primary N) is 1. The number of hydrogen-bond acceptors (Lipinski definition) is 9. The molecule has 7 atom stereocenters. The Morgan fingerprint density at radius 3 is 1.08 bits per heavy atom. The highest BCUT2D eigenvalue weighted by molar-refractivity contribution is 5.96. The van der Waals surface area contributed by atoms with Gasteiger partial charge in [0.15, 0.2) is 0 Å². The average Bonchev–Trinajstić information content (AvgIpc) is 2.95. The first-order valence-corrected chi connectivity index (χ1v) is 17.0. The number of nitrogens with one attached hydrogen (secondary N) is 5. The second kappa shape index (κ2) is 22.0. The maximum absolute atomic E-state index is 13.7. The first-order valence-electron chi connectivity index (χ1n) is 17.0. The minimum atomic E-state index is -1.41. The Hall–Kier alpha value is -3.79. The molecule has 0 rings (SSSR count). The summed E-state index contributed by atoms with van der Waals surface area (Å²) in [7, 11) is 0. The van der Waals surface area contributed by atoms with Gasteiger partial charge in [-0.1, -0.05) is 55.4 Å². The number of amides is 5. The Balaban J connectivity index is 6.20. The molecule has 49 heavy (non-hydrogen) atoms. The number of carboxylic acid groups (broad SMARTS) is 2. The number of carboxylic acids is 2. The molecule has 0 aromatic rings. The van der Waals surface area contributed by atoms with E-state index in [1.54, 1.807) is 27.7 Å². The highest BCUT2D eigenvalue weighted by atomic mass is 16.4. The molecule has 0 aromatic heterocycles. The van der Waals surface area contributed by atoms with E-state index in [2.05, 4.69) is 26.6 Å². The van der Waals surface area contributed by atoms with E-state index in [-0.39, 0.29) is 55.8 Å². The highest BCUT2D eigenvalue weighted by Gasteiger charge is 2.34. The van der Waals surface area contributed by atoms with Crippen LogP contribution in [0, 0.1) is 23.7 Å². The van der Waals surface area contributed by atoms with Crippen LogP contribution in [0.4, 0.5) is 0 Å². The smallest absolute Gasteiger partial charge is 0.326 e. The van der Waals surface area contributed by atoms with E-state index < -0.39 is 90.3 Å². The van der Waals surface area contributed by atoms with Crippen LogP contribution < -0.4 is 32.3 Å². The van der Waals surface area contributed by atoms with Crippen LogP contribution in [0.5, 0.6) is 0 Å². The number of rotatable bonds is 23. The molecular weight excluding hydrogens is 640 g/mol. The molecule has 0 bridgehead atoms. The van der Waals surface area contributed by atoms with Crippen molar-refractivity contribution in [3.05, 3.63) is 0 Å². The van der Waals surface area contributed by atoms with E-state index in [1.807, 2.05) is 27.7 Å². The SMILES string of the molecule is CC(C)C[C@H](NC(=O)[C@H](CCC(=O)O)NC(=O)[C@H](CC(C)C)NC(=O)[C@H](CC(C)C)NC(=O)[C@H](CC(C)C)NC(=O)[C@@H](N)[C@@H](C)O)C(=O)O. The zero-order valence-corrected chi connectivity index (χ0v) is 30.4. The van der Waals surface area contributed by atoms with Gasteiger partial charge in [-0.25, -0.2) is 4.79 Å². The maximum Gasteiger partial charge on any atom is 0.326 e. The molecule has 16 heteroatoms. The summed E-state index contributed by atoms with van der Waals surface area (Å²) in [6.07, 6.45) is -1.42. The Morgan fingerprint density at radius 2 is 0.776 bits per heavy atom. The molecule has 0 radical (unpaired) electrons. The molecule has 16 nitrogen and oxygen atoms in total. The van der Waals surface area contributed by atoms with Crippen molar-refractivity contribution in [2.24, 2.45) is 29.4 Å². The molecule has 0 aliphatic heterocycles. The zero-order valence-electron chi connectivity index (χ0n) is 30.4. The summed E-state index contributed by atoms with van der Waals surface area (Å²) in [5.74, 6) is -6.65. The summed E-state index contributed by atoms with van der Waals surface area (Å²) in [5, 5.41) is 41.3. The maximum atomic E-state index is 13.7. The predicted molar refractivity (Wildman–Crippen MR) is 182 cm³/mol. The number of aliphatic carboxylic acids is 2. The minimum Gasteiger partial charge on any atom is -0.481 e. The van der Waals surface area contributed by atoms with Crippen LogP contribution in [0.25, 0.3) is 0 Å². The minimum absolute atomic E-state index is 0.0438. The summed E-state index contributed by atoms with van der Waals surface area (Å²) < 4.78 is 0. The molecular formula is C33H60N6O10. The number of aliphatic hydroxyl groups is 1. The molecule has 0 unspecified atom stereocenters. The lowest BCUT2D eigenvalue weighted by Crippen LogP contribution is -2.60. The normalized spacial score (nSPS) is 15.8. The fraction of sp³-hybridized carbons (Fsp3) is 0.788. The van der Waals surface area contributed by atoms with Gasteiger partial charge in [0.25, 0.3) is 0 Å². The number of hydrogen-bond donors (Lipinski definition) is 9. The van der Waals surface area contributed by atoms with Gasteiger partial charge in [-0.2, -0.15) is 0 Å². The quantitative estimate of drug-likeness (QED) is 0.0697. The van der Waals surface area contributed by atoms with Gasteiger partial charge in [0.1, 0.15) is 36.3 Å². The summed E-state index contributed by atoms with van der Waals surface area (Å²) >= 11 is 0. The van der Waals surface area contributed by atoms with E-state index in [0.29, 0.717) is 0 Å². The van der Waals surface area contributed by atoms with Crippen LogP contribution in [0.3, 0.4) is 0 Å². The Kier molecular flexibility index (Phi) is 20.3. The average molecular weight is 701 g/mol. The van der Waals surface area contributed by atoms with Crippen molar-refractivity contribution in [1.82, 2.24) is 26.6 Å². The van der Waals surface area contributed by atoms with Crippen molar-refractivity contribution in [1.29, 1.82) is 0 Å². The molecule has 282 valence electrons. The van der Waals surface area contributed by atoms with Crippen molar-refractivity contribution in [3.63, 3.8) is 0 Å². The van der Waals surface area contributed by atoms with Gasteiger partial charge >= 0.3 is 11.9 Å². The van der Waals surface area contributed by atoms with E-state index in [1.165, 1.54) is 6.92 Å². The van der Waals surface area contributed by atoms with Crippen molar-refractivity contribution < 1.29 is 48.9 Å². The predicted octanol–water partition coefficient (Wildman–Crippen LogP) is 0.252. The van der Waals surface area contributed by atoms with Crippen molar-refractivity contribution >= 4 is 41.5 Å². The fourth-order valence-corrected chi connectivity index (χ4v) is 4.91.